The molecular weight excluding hydrogens is 296 g/mol. The van der Waals surface area contributed by atoms with Gasteiger partial charge in [0.1, 0.15) is 5.57 Å². The van der Waals surface area contributed by atoms with Gasteiger partial charge in [-0.05, 0) is 19.9 Å². The van der Waals surface area contributed by atoms with Gasteiger partial charge in [0.25, 0.3) is 11.8 Å². The number of benzene rings is 1. The number of para-hydroxylation sites is 1. The number of aryl methyl sites for hydroxylation is 1. The number of esters is 1. The van der Waals surface area contributed by atoms with Crippen LogP contribution in [0.5, 0.6) is 0 Å². The highest BCUT2D eigenvalue weighted by atomic mass is 16.5. The monoisotopic (exact) mass is 312 g/mol. The molecule has 1 aliphatic heterocycles. The summed E-state index contributed by atoms with van der Waals surface area (Å²) < 4.78 is 6.95. The van der Waals surface area contributed by atoms with E-state index in [1.165, 1.54) is 0 Å². The van der Waals surface area contributed by atoms with Crippen molar-refractivity contribution in [3.8, 4) is 0 Å². The van der Waals surface area contributed by atoms with Crippen LogP contribution in [0.25, 0.3) is 16.5 Å². The lowest BCUT2D eigenvalue weighted by Crippen LogP contribution is -2.26. The zero-order valence-electron chi connectivity index (χ0n) is 13.0. The molecule has 6 heteroatoms. The molecule has 0 atom stereocenters. The Bertz CT molecular complexity index is 874. The van der Waals surface area contributed by atoms with E-state index in [4.69, 9.17) is 4.74 Å². The molecule has 2 amide bonds. The molecule has 1 aromatic heterocycles. The lowest BCUT2D eigenvalue weighted by molar-refractivity contribution is -0.143. The number of fused-ring (bicyclic) bond motifs is 1. The molecule has 0 unspecified atom stereocenters. The van der Waals surface area contributed by atoms with Gasteiger partial charge in [-0.25, -0.2) is 4.79 Å². The number of nitrogens with one attached hydrogen (secondary N) is 1. The average Bonchev–Trinajstić information content (AvgIpc) is 2.95. The Balaban J connectivity index is 2.24. The van der Waals surface area contributed by atoms with Gasteiger partial charge in [0, 0.05) is 29.7 Å². The highest BCUT2D eigenvalue weighted by Gasteiger charge is 2.38. The van der Waals surface area contributed by atoms with Crippen molar-refractivity contribution in [2.75, 3.05) is 0 Å². The van der Waals surface area contributed by atoms with Gasteiger partial charge in [0.05, 0.1) is 11.7 Å². The summed E-state index contributed by atoms with van der Waals surface area (Å²) in [6.45, 7) is 3.37. The molecule has 0 aliphatic carbocycles. The number of hydrogen-bond acceptors (Lipinski definition) is 4. The highest BCUT2D eigenvalue weighted by molar-refractivity contribution is 6.44. The zero-order chi connectivity index (χ0) is 16.7. The van der Waals surface area contributed by atoms with E-state index in [9.17, 15) is 14.4 Å². The zero-order valence-corrected chi connectivity index (χ0v) is 13.0. The summed E-state index contributed by atoms with van der Waals surface area (Å²) in [5.41, 5.74) is 1.28. The van der Waals surface area contributed by atoms with Crippen molar-refractivity contribution in [3.05, 3.63) is 41.6 Å². The van der Waals surface area contributed by atoms with Gasteiger partial charge in [0.2, 0.25) is 0 Å². The molecule has 0 fully saturated rings. The molecule has 2 aromatic rings. The largest absolute Gasteiger partial charge is 0.459 e. The second-order valence-electron chi connectivity index (χ2n) is 5.66. The molecule has 0 radical (unpaired) electrons. The predicted molar refractivity (Wildman–Crippen MR) is 84.2 cm³/mol. The van der Waals surface area contributed by atoms with Crippen LogP contribution in [-0.2, 0) is 26.2 Å². The number of carbonyl (C=O) groups is 3. The Kier molecular flexibility index (Phi) is 3.52. The summed E-state index contributed by atoms with van der Waals surface area (Å²) in [6.07, 6.45) is 1.35. The minimum Gasteiger partial charge on any atom is -0.459 e. The van der Waals surface area contributed by atoms with Crippen molar-refractivity contribution in [1.29, 1.82) is 0 Å². The molecule has 0 saturated heterocycles. The predicted octanol–water partition coefficient (Wildman–Crippen LogP) is 1.54. The Labute approximate surface area is 132 Å². The van der Waals surface area contributed by atoms with Gasteiger partial charge in [-0.2, -0.15) is 0 Å². The van der Waals surface area contributed by atoms with Gasteiger partial charge in [-0.3, -0.25) is 14.9 Å². The van der Waals surface area contributed by atoms with Crippen LogP contribution in [-0.4, -0.2) is 28.5 Å². The number of carbonyl (C=O) groups excluding carboxylic acids is 3. The van der Waals surface area contributed by atoms with E-state index in [1.807, 2.05) is 35.9 Å². The Morgan fingerprint density at radius 2 is 1.87 bits per heavy atom. The second kappa shape index (κ2) is 5.39. The lowest BCUT2D eigenvalue weighted by atomic mass is 10.0. The lowest BCUT2D eigenvalue weighted by Gasteiger charge is -2.08. The minimum absolute atomic E-state index is 0.0671. The van der Waals surface area contributed by atoms with E-state index in [-0.39, 0.29) is 17.3 Å². The van der Waals surface area contributed by atoms with Crippen LogP contribution in [0.4, 0.5) is 0 Å². The number of hydrogen-bond donors (Lipinski definition) is 1. The van der Waals surface area contributed by atoms with Crippen LogP contribution in [0.15, 0.2) is 36.0 Å². The SMILES string of the molecule is CC(C)OC(=O)C1=C(c2cn(C)c3ccccc23)C(=O)NC1=O. The van der Waals surface area contributed by atoms with E-state index in [0.29, 0.717) is 5.56 Å². The summed E-state index contributed by atoms with van der Waals surface area (Å²) in [7, 11) is 1.84. The third kappa shape index (κ3) is 2.42. The first-order valence-electron chi connectivity index (χ1n) is 7.25. The van der Waals surface area contributed by atoms with E-state index in [2.05, 4.69) is 5.32 Å². The van der Waals surface area contributed by atoms with Crippen LogP contribution in [0.1, 0.15) is 19.4 Å². The highest BCUT2D eigenvalue weighted by Crippen LogP contribution is 2.32. The number of aromatic nitrogens is 1. The number of amides is 2. The fraction of sp³-hybridized carbons (Fsp3) is 0.235. The summed E-state index contributed by atoms with van der Waals surface area (Å²) in [4.78, 5) is 36.5. The normalized spacial score (nSPS) is 14.8. The molecule has 0 spiro atoms. The minimum atomic E-state index is -0.786. The van der Waals surface area contributed by atoms with Gasteiger partial charge >= 0.3 is 5.97 Å². The summed E-state index contributed by atoms with van der Waals surface area (Å²) >= 11 is 0. The van der Waals surface area contributed by atoms with E-state index in [0.717, 1.165) is 10.9 Å². The Hall–Kier alpha value is -2.89. The van der Waals surface area contributed by atoms with Gasteiger partial charge < -0.3 is 9.30 Å². The van der Waals surface area contributed by atoms with Crippen LogP contribution < -0.4 is 5.32 Å². The standard InChI is InChI=1S/C17H16N2O4/c1-9(2)23-17(22)14-13(15(20)18-16(14)21)11-8-19(3)12-7-5-4-6-10(11)12/h4-9H,1-3H3,(H,18,20,21). The van der Waals surface area contributed by atoms with Crippen molar-refractivity contribution in [1.82, 2.24) is 9.88 Å². The summed E-state index contributed by atoms with van der Waals surface area (Å²) in [5, 5.41) is 2.98. The molecule has 6 nitrogen and oxygen atoms in total. The molecular formula is C17H16N2O4. The van der Waals surface area contributed by atoms with Crippen molar-refractivity contribution < 1.29 is 19.1 Å². The topological polar surface area (TPSA) is 77.4 Å². The van der Waals surface area contributed by atoms with Gasteiger partial charge in [0.15, 0.2) is 0 Å². The smallest absolute Gasteiger partial charge is 0.344 e. The second-order valence-corrected chi connectivity index (χ2v) is 5.66. The van der Waals surface area contributed by atoms with Crippen LogP contribution >= 0.6 is 0 Å². The maximum absolute atomic E-state index is 12.2. The molecule has 0 saturated carbocycles. The third-order valence-electron chi connectivity index (χ3n) is 3.64. The molecule has 3 rings (SSSR count). The maximum Gasteiger partial charge on any atom is 0.344 e. The summed E-state index contributed by atoms with van der Waals surface area (Å²) in [5.74, 6) is -2.09. The van der Waals surface area contributed by atoms with Crippen molar-refractivity contribution in [2.24, 2.45) is 7.05 Å². The molecule has 118 valence electrons. The number of ether oxygens (including phenoxy) is 1. The van der Waals surface area contributed by atoms with Crippen molar-refractivity contribution in [3.63, 3.8) is 0 Å². The van der Waals surface area contributed by atoms with E-state index >= 15 is 0 Å². The number of rotatable bonds is 3. The fourth-order valence-electron chi connectivity index (χ4n) is 2.72. The van der Waals surface area contributed by atoms with Crippen LogP contribution in [0.2, 0.25) is 0 Å². The maximum atomic E-state index is 12.2. The van der Waals surface area contributed by atoms with Crippen molar-refractivity contribution >= 4 is 34.3 Å². The number of nitrogens with zero attached hydrogens (tertiary/aromatic N) is 1. The van der Waals surface area contributed by atoms with Crippen LogP contribution in [0, 0.1) is 0 Å². The first kappa shape index (κ1) is 15.0. The molecule has 1 N–H and O–H groups in total. The molecule has 1 aromatic carbocycles. The van der Waals surface area contributed by atoms with Gasteiger partial charge in [-0.15, -0.1) is 0 Å². The van der Waals surface area contributed by atoms with Crippen molar-refractivity contribution in [2.45, 2.75) is 20.0 Å². The first-order valence-corrected chi connectivity index (χ1v) is 7.25. The fourth-order valence-corrected chi connectivity index (χ4v) is 2.72. The van der Waals surface area contributed by atoms with Gasteiger partial charge in [-0.1, -0.05) is 18.2 Å². The first-order chi connectivity index (χ1) is 10.9. The quantitative estimate of drug-likeness (QED) is 0.530. The van der Waals surface area contributed by atoms with E-state index < -0.39 is 17.8 Å². The third-order valence-corrected chi connectivity index (χ3v) is 3.64. The summed E-state index contributed by atoms with van der Waals surface area (Å²) in [6, 6.07) is 7.47. The molecule has 2 heterocycles. The Morgan fingerprint density at radius 1 is 1.17 bits per heavy atom. The number of imide groups is 1. The van der Waals surface area contributed by atoms with Crippen LogP contribution in [0.3, 0.4) is 0 Å². The van der Waals surface area contributed by atoms with E-state index in [1.54, 1.807) is 20.0 Å². The molecule has 1 aliphatic rings. The molecule has 23 heavy (non-hydrogen) atoms. The Morgan fingerprint density at radius 3 is 2.57 bits per heavy atom. The average molecular weight is 312 g/mol. The molecule has 0 bridgehead atoms.